The van der Waals surface area contributed by atoms with E-state index in [1.165, 1.54) is 6.92 Å². The summed E-state index contributed by atoms with van der Waals surface area (Å²) in [7, 11) is 0. The van der Waals surface area contributed by atoms with Gasteiger partial charge in [-0.1, -0.05) is 13.8 Å². The molecule has 0 spiro atoms. The lowest BCUT2D eigenvalue weighted by atomic mass is 10.2. The molecule has 0 N–H and O–H groups in total. The van der Waals surface area contributed by atoms with Gasteiger partial charge in [-0.15, -0.1) is 0 Å². The van der Waals surface area contributed by atoms with Crippen molar-refractivity contribution in [3.05, 3.63) is 24.0 Å². The number of nitrogens with zero attached hydrogens (tertiary/aromatic N) is 3. The fourth-order valence-electron chi connectivity index (χ4n) is 1.74. The molecule has 0 aliphatic heterocycles. The highest BCUT2D eigenvalue weighted by molar-refractivity contribution is 6.03. The minimum atomic E-state index is -0.0134. The summed E-state index contributed by atoms with van der Waals surface area (Å²) in [5.74, 6) is 0.463. The van der Waals surface area contributed by atoms with Gasteiger partial charge < -0.3 is 0 Å². The largest absolute Gasteiger partial charge is 0.293 e. The molecule has 84 valence electrons. The van der Waals surface area contributed by atoms with Crippen LogP contribution >= 0.6 is 0 Å². The molecule has 2 rings (SSSR count). The van der Waals surface area contributed by atoms with Crippen LogP contribution in [-0.4, -0.2) is 20.5 Å². The maximum absolute atomic E-state index is 11.5. The molecule has 4 nitrogen and oxygen atoms in total. The lowest BCUT2D eigenvalue weighted by molar-refractivity contribution is 0.101. The zero-order valence-corrected chi connectivity index (χ0v) is 9.77. The number of Topliss-reactive ketones (excluding diaryl/α,β-unsaturated/α-hetero) is 1. The molecule has 0 aliphatic rings. The van der Waals surface area contributed by atoms with Gasteiger partial charge in [0.25, 0.3) is 0 Å². The molecule has 2 aromatic rings. The first-order chi connectivity index (χ1) is 7.59. The van der Waals surface area contributed by atoms with Gasteiger partial charge in [0.2, 0.25) is 0 Å². The zero-order chi connectivity index (χ0) is 11.7. The Morgan fingerprint density at radius 1 is 1.50 bits per heavy atom. The molecule has 0 atom stereocenters. The fourth-order valence-corrected chi connectivity index (χ4v) is 1.74. The van der Waals surface area contributed by atoms with Crippen LogP contribution in [0.5, 0.6) is 0 Å². The highest BCUT2D eigenvalue weighted by atomic mass is 16.1. The normalized spacial score (nSPS) is 11.2. The summed E-state index contributed by atoms with van der Waals surface area (Å²) in [6, 6.07) is 3.72. The van der Waals surface area contributed by atoms with Gasteiger partial charge in [-0.25, -0.2) is 9.67 Å². The molecule has 0 saturated carbocycles. The monoisotopic (exact) mass is 217 g/mol. The van der Waals surface area contributed by atoms with Crippen molar-refractivity contribution in [3.63, 3.8) is 0 Å². The van der Waals surface area contributed by atoms with E-state index in [9.17, 15) is 4.79 Å². The molecule has 0 bridgehead atoms. The van der Waals surface area contributed by atoms with Crippen molar-refractivity contribution in [2.45, 2.75) is 27.3 Å². The van der Waals surface area contributed by atoms with Gasteiger partial charge in [0, 0.05) is 19.7 Å². The van der Waals surface area contributed by atoms with E-state index in [0.29, 0.717) is 11.6 Å². The summed E-state index contributed by atoms with van der Waals surface area (Å²) in [4.78, 5) is 15.7. The topological polar surface area (TPSA) is 47.8 Å². The van der Waals surface area contributed by atoms with Crippen molar-refractivity contribution in [2.24, 2.45) is 5.92 Å². The van der Waals surface area contributed by atoms with Crippen LogP contribution in [0.4, 0.5) is 0 Å². The van der Waals surface area contributed by atoms with Crippen molar-refractivity contribution >= 4 is 16.8 Å². The third kappa shape index (κ3) is 1.83. The molecule has 4 heteroatoms. The molecule has 0 unspecified atom stereocenters. The highest BCUT2D eigenvalue weighted by Crippen LogP contribution is 2.17. The van der Waals surface area contributed by atoms with Crippen molar-refractivity contribution < 1.29 is 4.79 Å². The van der Waals surface area contributed by atoms with Crippen molar-refractivity contribution in [2.75, 3.05) is 0 Å². The first-order valence-corrected chi connectivity index (χ1v) is 5.42. The molecule has 2 aromatic heterocycles. The Balaban J connectivity index is 2.62. The Morgan fingerprint density at radius 3 is 2.88 bits per heavy atom. The van der Waals surface area contributed by atoms with E-state index in [4.69, 9.17) is 0 Å². The molecular weight excluding hydrogens is 202 g/mol. The first-order valence-electron chi connectivity index (χ1n) is 5.42. The maximum Gasteiger partial charge on any atom is 0.180 e. The molecule has 0 radical (unpaired) electrons. The van der Waals surface area contributed by atoms with Crippen molar-refractivity contribution in [1.82, 2.24) is 14.8 Å². The molecule has 0 fully saturated rings. The minimum absolute atomic E-state index is 0.0134. The van der Waals surface area contributed by atoms with E-state index < -0.39 is 0 Å². The number of fused-ring (bicyclic) bond motifs is 1. The second kappa shape index (κ2) is 4.04. The molecule has 0 amide bonds. The molecular formula is C12H15N3O. The smallest absolute Gasteiger partial charge is 0.180 e. The molecule has 2 heterocycles. The average Bonchev–Trinajstić information content (AvgIpc) is 2.57. The highest BCUT2D eigenvalue weighted by Gasteiger charge is 2.14. The minimum Gasteiger partial charge on any atom is -0.293 e. The van der Waals surface area contributed by atoms with Crippen LogP contribution in [0.1, 0.15) is 31.3 Å². The van der Waals surface area contributed by atoms with Gasteiger partial charge in [-0.3, -0.25) is 4.79 Å². The van der Waals surface area contributed by atoms with E-state index in [0.717, 1.165) is 17.6 Å². The predicted octanol–water partition coefficient (Wildman–Crippen LogP) is 2.29. The number of carbonyl (C=O) groups excluding carboxylic acids is 1. The number of pyridine rings is 1. The van der Waals surface area contributed by atoms with Crippen LogP contribution in [0.3, 0.4) is 0 Å². The second-order valence-corrected chi connectivity index (χ2v) is 4.36. The van der Waals surface area contributed by atoms with Crippen LogP contribution in [0.2, 0.25) is 0 Å². The van der Waals surface area contributed by atoms with Gasteiger partial charge in [-0.05, 0) is 18.1 Å². The molecule has 16 heavy (non-hydrogen) atoms. The standard InChI is InChI=1S/C12H15N3O/c1-8(2)7-15-12-10(5-4-6-13-12)11(14-15)9(3)16/h4-6,8H,7H2,1-3H3. The van der Waals surface area contributed by atoms with Gasteiger partial charge in [-0.2, -0.15) is 5.10 Å². The van der Waals surface area contributed by atoms with Crippen molar-refractivity contribution in [3.8, 4) is 0 Å². The Morgan fingerprint density at radius 2 is 2.25 bits per heavy atom. The number of carbonyl (C=O) groups is 1. The van der Waals surface area contributed by atoms with E-state index in [-0.39, 0.29) is 5.78 Å². The van der Waals surface area contributed by atoms with Crippen LogP contribution in [-0.2, 0) is 6.54 Å². The van der Waals surface area contributed by atoms with E-state index >= 15 is 0 Å². The Kier molecular flexibility index (Phi) is 2.73. The summed E-state index contributed by atoms with van der Waals surface area (Å²) < 4.78 is 1.82. The van der Waals surface area contributed by atoms with Crippen molar-refractivity contribution in [1.29, 1.82) is 0 Å². The van der Waals surface area contributed by atoms with Gasteiger partial charge in [0.1, 0.15) is 5.69 Å². The van der Waals surface area contributed by atoms with Crippen LogP contribution in [0.15, 0.2) is 18.3 Å². The lowest BCUT2D eigenvalue weighted by Crippen LogP contribution is -2.07. The van der Waals surface area contributed by atoms with E-state index in [1.54, 1.807) is 6.20 Å². The van der Waals surface area contributed by atoms with Crippen LogP contribution in [0.25, 0.3) is 11.0 Å². The summed E-state index contributed by atoms with van der Waals surface area (Å²) in [6.45, 7) is 6.54. The SMILES string of the molecule is CC(=O)c1nn(CC(C)C)c2ncccc12. The molecule has 0 aliphatic carbocycles. The van der Waals surface area contributed by atoms with E-state index in [2.05, 4.69) is 23.9 Å². The Bertz CT molecular complexity index is 528. The number of hydrogen-bond donors (Lipinski definition) is 0. The first kappa shape index (κ1) is 10.8. The number of hydrogen-bond acceptors (Lipinski definition) is 3. The third-order valence-corrected chi connectivity index (χ3v) is 2.38. The molecule has 0 saturated heterocycles. The van der Waals surface area contributed by atoms with Gasteiger partial charge in [0.05, 0.1) is 5.39 Å². The average molecular weight is 217 g/mol. The lowest BCUT2D eigenvalue weighted by Gasteiger charge is -2.04. The predicted molar refractivity (Wildman–Crippen MR) is 62.4 cm³/mol. The Labute approximate surface area is 94.3 Å². The van der Waals surface area contributed by atoms with E-state index in [1.807, 2.05) is 16.8 Å². The number of aromatic nitrogens is 3. The zero-order valence-electron chi connectivity index (χ0n) is 9.77. The summed E-state index contributed by atoms with van der Waals surface area (Å²) in [5.41, 5.74) is 1.31. The number of ketones is 1. The quantitative estimate of drug-likeness (QED) is 0.741. The van der Waals surface area contributed by atoms with Gasteiger partial charge in [0.15, 0.2) is 11.4 Å². The van der Waals surface area contributed by atoms with Gasteiger partial charge >= 0.3 is 0 Å². The number of rotatable bonds is 3. The third-order valence-electron chi connectivity index (χ3n) is 2.38. The second-order valence-electron chi connectivity index (χ2n) is 4.36. The fraction of sp³-hybridized carbons (Fsp3) is 0.417. The summed E-state index contributed by atoms with van der Waals surface area (Å²) in [6.07, 6.45) is 1.73. The maximum atomic E-state index is 11.5. The Hall–Kier alpha value is -1.71. The molecule has 0 aromatic carbocycles. The summed E-state index contributed by atoms with van der Waals surface area (Å²) in [5, 5.41) is 5.18. The van der Waals surface area contributed by atoms with Crippen LogP contribution in [0, 0.1) is 5.92 Å². The summed E-state index contributed by atoms with van der Waals surface area (Å²) >= 11 is 0. The van der Waals surface area contributed by atoms with Crippen LogP contribution < -0.4 is 0 Å².